The highest BCUT2D eigenvalue weighted by Gasteiger charge is 2.17. The van der Waals surface area contributed by atoms with Crippen molar-refractivity contribution in [3.05, 3.63) is 75.0 Å². The summed E-state index contributed by atoms with van der Waals surface area (Å²) in [4.78, 5) is 42.9. The normalized spacial score (nSPS) is 10.8. The number of fused-ring (bicyclic) bond motifs is 1. The third-order valence-corrected chi connectivity index (χ3v) is 3.61. The van der Waals surface area contributed by atoms with Gasteiger partial charge in [-0.1, -0.05) is 12.7 Å². The van der Waals surface area contributed by atoms with Crippen LogP contribution in [0.5, 0.6) is 0 Å². The summed E-state index contributed by atoms with van der Waals surface area (Å²) in [6.07, 6.45) is 2.93. The molecule has 8 heteroatoms. The number of esters is 1. The maximum atomic E-state index is 12.2. The van der Waals surface area contributed by atoms with Crippen molar-refractivity contribution in [1.29, 1.82) is 0 Å². The van der Waals surface area contributed by atoms with E-state index >= 15 is 0 Å². The van der Waals surface area contributed by atoms with Crippen molar-refractivity contribution in [2.24, 2.45) is 0 Å². The number of carbonyl (C=O) groups is 1. The number of carbonyl (C=O) groups excluding carboxylic acids is 1. The van der Waals surface area contributed by atoms with Gasteiger partial charge in [-0.25, -0.2) is 14.6 Å². The number of aromatic nitrogens is 3. The Hall–Kier alpha value is -3.42. The number of aromatic amines is 1. The van der Waals surface area contributed by atoms with Crippen molar-refractivity contribution in [3.63, 3.8) is 0 Å². The largest absolute Gasteiger partial charge is 0.467 e. The maximum Gasteiger partial charge on any atom is 0.340 e. The molecule has 0 fully saturated rings. The molecule has 3 aromatic heterocycles. The fraction of sp³-hybridized carbons (Fsp3) is 0.176. The van der Waals surface area contributed by atoms with E-state index in [1.54, 1.807) is 19.1 Å². The highest BCUT2D eigenvalue weighted by atomic mass is 16.5. The molecular formula is C17H15N3O5. The number of H-pyrrole nitrogens is 1. The second-order valence-corrected chi connectivity index (χ2v) is 5.30. The summed E-state index contributed by atoms with van der Waals surface area (Å²) < 4.78 is 11.5. The molecule has 25 heavy (non-hydrogen) atoms. The van der Waals surface area contributed by atoms with Gasteiger partial charge < -0.3 is 9.15 Å². The lowest BCUT2D eigenvalue weighted by atomic mass is 10.1. The minimum Gasteiger partial charge on any atom is -0.467 e. The van der Waals surface area contributed by atoms with Gasteiger partial charge in [-0.15, -0.1) is 0 Å². The summed E-state index contributed by atoms with van der Waals surface area (Å²) in [6.45, 7) is 5.23. The van der Waals surface area contributed by atoms with Crippen LogP contribution in [0.15, 0.2) is 51.1 Å². The SMILES string of the molecule is C=CCOC(=O)c1cc2c(=O)[nH]c(=O)n(Cc3ccco3)c2nc1C. The van der Waals surface area contributed by atoms with Gasteiger partial charge in [0.05, 0.1) is 29.5 Å². The van der Waals surface area contributed by atoms with Gasteiger partial charge >= 0.3 is 11.7 Å². The van der Waals surface area contributed by atoms with Gasteiger partial charge in [-0.2, -0.15) is 0 Å². The fourth-order valence-electron chi connectivity index (χ4n) is 2.42. The van der Waals surface area contributed by atoms with Gasteiger partial charge in [0.1, 0.15) is 18.0 Å². The molecule has 0 aliphatic carbocycles. The van der Waals surface area contributed by atoms with E-state index in [4.69, 9.17) is 9.15 Å². The van der Waals surface area contributed by atoms with E-state index in [2.05, 4.69) is 16.5 Å². The Morgan fingerprint density at radius 2 is 2.28 bits per heavy atom. The van der Waals surface area contributed by atoms with Gasteiger partial charge in [-0.3, -0.25) is 14.3 Å². The quantitative estimate of drug-likeness (QED) is 0.555. The van der Waals surface area contributed by atoms with Gasteiger partial charge in [0, 0.05) is 0 Å². The second-order valence-electron chi connectivity index (χ2n) is 5.30. The second kappa shape index (κ2) is 6.60. The lowest BCUT2D eigenvalue weighted by Crippen LogP contribution is -2.31. The van der Waals surface area contributed by atoms with Crippen LogP contribution in [-0.2, 0) is 11.3 Å². The Morgan fingerprint density at radius 3 is 2.96 bits per heavy atom. The Bertz CT molecular complexity index is 1060. The first-order valence-electron chi connectivity index (χ1n) is 7.46. The van der Waals surface area contributed by atoms with Crippen LogP contribution in [0.1, 0.15) is 21.8 Å². The van der Waals surface area contributed by atoms with Crippen molar-refractivity contribution < 1.29 is 13.9 Å². The van der Waals surface area contributed by atoms with Gasteiger partial charge in [0.25, 0.3) is 5.56 Å². The predicted octanol–water partition coefficient (Wildman–Crippen LogP) is 1.38. The minimum atomic E-state index is -0.624. The first-order chi connectivity index (χ1) is 12.0. The Morgan fingerprint density at radius 1 is 1.48 bits per heavy atom. The van der Waals surface area contributed by atoms with Crippen LogP contribution in [-0.4, -0.2) is 27.1 Å². The Kier molecular flexibility index (Phi) is 4.34. The molecular weight excluding hydrogens is 326 g/mol. The molecule has 0 amide bonds. The van der Waals surface area contributed by atoms with E-state index in [1.807, 2.05) is 0 Å². The van der Waals surface area contributed by atoms with E-state index in [9.17, 15) is 14.4 Å². The lowest BCUT2D eigenvalue weighted by molar-refractivity contribution is 0.0548. The van der Waals surface area contributed by atoms with E-state index < -0.39 is 17.2 Å². The average molecular weight is 341 g/mol. The molecule has 3 aromatic rings. The van der Waals surface area contributed by atoms with Gasteiger partial charge in [0.15, 0.2) is 0 Å². The molecule has 0 radical (unpaired) electrons. The van der Waals surface area contributed by atoms with Crippen molar-refractivity contribution >= 4 is 17.0 Å². The molecule has 0 spiro atoms. The number of pyridine rings is 1. The molecule has 3 heterocycles. The molecule has 128 valence electrons. The number of rotatable bonds is 5. The molecule has 1 N–H and O–H groups in total. The minimum absolute atomic E-state index is 0.0463. The smallest absolute Gasteiger partial charge is 0.340 e. The molecule has 0 saturated heterocycles. The molecule has 0 unspecified atom stereocenters. The third kappa shape index (κ3) is 3.14. The van der Waals surface area contributed by atoms with Crippen LogP contribution in [0.25, 0.3) is 11.0 Å². The third-order valence-electron chi connectivity index (χ3n) is 3.61. The molecule has 0 saturated carbocycles. The van der Waals surface area contributed by atoms with Crippen molar-refractivity contribution in [2.75, 3.05) is 6.61 Å². The Labute approximate surface area is 141 Å². The monoisotopic (exact) mass is 341 g/mol. The summed E-state index contributed by atoms with van der Waals surface area (Å²) in [5.41, 5.74) is -0.561. The maximum absolute atomic E-state index is 12.2. The van der Waals surface area contributed by atoms with Gasteiger partial charge in [0.2, 0.25) is 0 Å². The van der Waals surface area contributed by atoms with Crippen molar-refractivity contribution in [1.82, 2.24) is 14.5 Å². The highest BCUT2D eigenvalue weighted by molar-refractivity contribution is 5.94. The summed E-state index contributed by atoms with van der Waals surface area (Å²) >= 11 is 0. The number of aryl methyl sites for hydroxylation is 1. The molecule has 0 aliphatic rings. The van der Waals surface area contributed by atoms with E-state index in [0.717, 1.165) is 0 Å². The first-order valence-corrected chi connectivity index (χ1v) is 7.46. The van der Waals surface area contributed by atoms with Crippen molar-refractivity contribution in [2.45, 2.75) is 13.5 Å². The zero-order valence-electron chi connectivity index (χ0n) is 13.4. The van der Waals surface area contributed by atoms with Crippen LogP contribution in [0, 0.1) is 6.92 Å². The topological polar surface area (TPSA) is 107 Å². The molecule has 0 aromatic carbocycles. The first kappa shape index (κ1) is 16.4. The standard InChI is InChI=1S/C17H15N3O5/c1-3-6-25-16(22)12-8-13-14(18-10(12)2)20(17(23)19-15(13)21)9-11-5-4-7-24-11/h3-5,7-8H,1,6,9H2,2H3,(H,19,21,23). The van der Waals surface area contributed by atoms with E-state index in [0.29, 0.717) is 11.5 Å². The molecule has 0 aliphatic heterocycles. The summed E-state index contributed by atoms with van der Waals surface area (Å²) in [5, 5.41) is 0.113. The fourth-order valence-corrected chi connectivity index (χ4v) is 2.42. The van der Waals surface area contributed by atoms with Crippen molar-refractivity contribution in [3.8, 4) is 0 Å². The number of ether oxygens (including phenoxy) is 1. The average Bonchev–Trinajstić information content (AvgIpc) is 3.09. The molecule has 0 bridgehead atoms. The summed E-state index contributed by atoms with van der Waals surface area (Å²) in [7, 11) is 0. The predicted molar refractivity (Wildman–Crippen MR) is 89.7 cm³/mol. The summed E-state index contributed by atoms with van der Waals surface area (Å²) in [5.74, 6) is -0.0839. The van der Waals surface area contributed by atoms with Crippen LogP contribution < -0.4 is 11.2 Å². The molecule has 0 atom stereocenters. The number of hydrogen-bond donors (Lipinski definition) is 1. The Balaban J connectivity index is 2.18. The number of hydrogen-bond acceptors (Lipinski definition) is 6. The van der Waals surface area contributed by atoms with Crippen LogP contribution in [0.4, 0.5) is 0 Å². The molecule has 3 rings (SSSR count). The zero-order valence-corrected chi connectivity index (χ0v) is 13.4. The van der Waals surface area contributed by atoms with Crippen LogP contribution in [0.2, 0.25) is 0 Å². The number of furan rings is 1. The number of nitrogens with one attached hydrogen (secondary N) is 1. The van der Waals surface area contributed by atoms with E-state index in [1.165, 1.54) is 23.0 Å². The molecule has 8 nitrogen and oxygen atoms in total. The van der Waals surface area contributed by atoms with Crippen LogP contribution >= 0.6 is 0 Å². The van der Waals surface area contributed by atoms with Gasteiger partial charge in [-0.05, 0) is 25.1 Å². The zero-order chi connectivity index (χ0) is 18.0. The van der Waals surface area contributed by atoms with E-state index in [-0.39, 0.29) is 29.7 Å². The summed E-state index contributed by atoms with van der Waals surface area (Å²) in [6, 6.07) is 4.78. The van der Waals surface area contributed by atoms with Crippen LogP contribution in [0.3, 0.4) is 0 Å². The number of nitrogens with zero attached hydrogens (tertiary/aromatic N) is 2. The highest BCUT2D eigenvalue weighted by Crippen LogP contribution is 2.15. The lowest BCUT2D eigenvalue weighted by Gasteiger charge is -2.10.